The molecule has 0 unspecified atom stereocenters. The summed E-state index contributed by atoms with van der Waals surface area (Å²) in [6.07, 6.45) is 4.02. The first-order valence-electron chi connectivity index (χ1n) is 7.93. The van der Waals surface area contributed by atoms with E-state index in [9.17, 15) is 14.8 Å². The lowest BCUT2D eigenvalue weighted by atomic mass is 10.1. The van der Waals surface area contributed by atoms with E-state index in [1.165, 1.54) is 18.5 Å². The highest BCUT2D eigenvalue weighted by Gasteiger charge is 2.31. The van der Waals surface area contributed by atoms with E-state index in [4.69, 9.17) is 4.74 Å². The van der Waals surface area contributed by atoms with Crippen LogP contribution >= 0.6 is 0 Å². The zero-order valence-electron chi connectivity index (χ0n) is 14.0. The molecule has 2 aromatic heterocycles. The lowest BCUT2D eigenvalue weighted by Crippen LogP contribution is -2.43. The summed E-state index contributed by atoms with van der Waals surface area (Å²) in [5, 5.41) is 12.8. The van der Waals surface area contributed by atoms with Crippen LogP contribution in [0.2, 0.25) is 0 Å². The summed E-state index contributed by atoms with van der Waals surface area (Å²) in [4.78, 5) is 33.0. The SMILES string of the molecule is CCOC(=O)c1c(-c2ccccc2)ncc(C(=O)c2cccnc2)[n+]1[O-]. The van der Waals surface area contributed by atoms with Crippen molar-refractivity contribution in [3.05, 3.63) is 83.2 Å². The summed E-state index contributed by atoms with van der Waals surface area (Å²) in [6.45, 7) is 1.72. The summed E-state index contributed by atoms with van der Waals surface area (Å²) >= 11 is 0. The number of carbonyl (C=O) groups excluding carboxylic acids is 2. The zero-order valence-corrected chi connectivity index (χ0v) is 14.0. The highest BCUT2D eigenvalue weighted by Crippen LogP contribution is 2.20. The molecule has 7 heteroatoms. The standard InChI is InChI=1S/C19H15N3O4/c1-2-26-19(24)17-16(13-7-4-3-5-8-13)21-12-15(22(17)25)18(23)14-9-6-10-20-11-14/h3-12H,2H2,1H3. The molecular weight excluding hydrogens is 334 g/mol. The molecule has 3 rings (SSSR count). The molecule has 0 amide bonds. The minimum absolute atomic E-state index is 0.0911. The normalized spacial score (nSPS) is 10.3. The lowest BCUT2D eigenvalue weighted by molar-refractivity contribution is -0.610. The summed E-state index contributed by atoms with van der Waals surface area (Å²) < 4.78 is 5.27. The third kappa shape index (κ3) is 3.27. The minimum atomic E-state index is -0.838. The number of benzene rings is 1. The first kappa shape index (κ1) is 17.2. The highest BCUT2D eigenvalue weighted by atomic mass is 16.5. The van der Waals surface area contributed by atoms with Gasteiger partial charge in [-0.1, -0.05) is 30.3 Å². The van der Waals surface area contributed by atoms with Crippen molar-refractivity contribution in [2.45, 2.75) is 6.92 Å². The van der Waals surface area contributed by atoms with Gasteiger partial charge in [0.2, 0.25) is 0 Å². The first-order chi connectivity index (χ1) is 12.6. The van der Waals surface area contributed by atoms with Crippen LogP contribution in [0.4, 0.5) is 0 Å². The fourth-order valence-electron chi connectivity index (χ4n) is 2.44. The van der Waals surface area contributed by atoms with Gasteiger partial charge in [-0.15, -0.1) is 0 Å². The van der Waals surface area contributed by atoms with Crippen LogP contribution in [0.3, 0.4) is 0 Å². The number of aromatic nitrogens is 3. The molecule has 0 fully saturated rings. The van der Waals surface area contributed by atoms with Crippen LogP contribution < -0.4 is 4.73 Å². The van der Waals surface area contributed by atoms with Gasteiger partial charge >= 0.3 is 11.7 Å². The van der Waals surface area contributed by atoms with E-state index in [1.54, 1.807) is 43.3 Å². The van der Waals surface area contributed by atoms with E-state index in [0.717, 1.165) is 6.20 Å². The Kier molecular flexibility index (Phi) is 4.98. The molecule has 26 heavy (non-hydrogen) atoms. The molecule has 7 nitrogen and oxygen atoms in total. The van der Waals surface area contributed by atoms with Crippen LogP contribution in [0, 0.1) is 5.21 Å². The van der Waals surface area contributed by atoms with Gasteiger partial charge in [0.05, 0.1) is 6.61 Å². The van der Waals surface area contributed by atoms with E-state index < -0.39 is 11.8 Å². The summed E-state index contributed by atoms with van der Waals surface area (Å²) in [6, 6.07) is 11.9. The fraction of sp³-hybridized carbons (Fsp3) is 0.105. The second kappa shape index (κ2) is 7.52. The van der Waals surface area contributed by atoms with Crippen molar-refractivity contribution in [3.63, 3.8) is 0 Å². The van der Waals surface area contributed by atoms with Gasteiger partial charge in [0.25, 0.3) is 11.5 Å². The van der Waals surface area contributed by atoms with Crippen LogP contribution in [0.15, 0.2) is 61.1 Å². The lowest BCUT2D eigenvalue weighted by Gasteiger charge is -2.11. The van der Waals surface area contributed by atoms with E-state index in [2.05, 4.69) is 9.97 Å². The number of esters is 1. The summed E-state index contributed by atoms with van der Waals surface area (Å²) in [5.41, 5.74) is 0.344. The number of hydrogen-bond donors (Lipinski definition) is 0. The molecule has 0 spiro atoms. The molecule has 0 N–H and O–H groups in total. The van der Waals surface area contributed by atoms with Gasteiger partial charge in [-0.2, -0.15) is 4.73 Å². The number of nitrogens with zero attached hydrogens (tertiary/aromatic N) is 3. The van der Waals surface area contributed by atoms with Gasteiger partial charge in [0.1, 0.15) is 6.20 Å². The molecule has 2 heterocycles. The smallest absolute Gasteiger partial charge is 0.407 e. The monoisotopic (exact) mass is 349 g/mol. The Morgan fingerprint density at radius 2 is 1.88 bits per heavy atom. The predicted octanol–water partition coefficient (Wildman–Crippen LogP) is 2.18. The summed E-state index contributed by atoms with van der Waals surface area (Å²) in [5.74, 6) is -1.42. The van der Waals surface area contributed by atoms with Crippen LogP contribution in [0.25, 0.3) is 11.3 Å². The number of carbonyl (C=O) groups is 2. The van der Waals surface area contributed by atoms with E-state index in [-0.39, 0.29) is 34.0 Å². The quantitative estimate of drug-likeness (QED) is 0.303. The average Bonchev–Trinajstić information content (AvgIpc) is 2.68. The van der Waals surface area contributed by atoms with E-state index >= 15 is 0 Å². The molecule has 0 bridgehead atoms. The van der Waals surface area contributed by atoms with Crippen LogP contribution in [0.1, 0.15) is 33.5 Å². The maximum Gasteiger partial charge on any atom is 0.407 e. The predicted molar refractivity (Wildman–Crippen MR) is 92.3 cm³/mol. The number of hydrogen-bond acceptors (Lipinski definition) is 6. The maximum absolute atomic E-state index is 12.8. The Morgan fingerprint density at radius 3 is 2.54 bits per heavy atom. The molecule has 0 saturated heterocycles. The van der Waals surface area contributed by atoms with Gasteiger partial charge in [-0.3, -0.25) is 9.78 Å². The number of ketones is 1. The van der Waals surface area contributed by atoms with Crippen molar-refractivity contribution in [1.29, 1.82) is 0 Å². The van der Waals surface area contributed by atoms with Crippen molar-refractivity contribution in [1.82, 2.24) is 9.97 Å². The highest BCUT2D eigenvalue weighted by molar-refractivity contribution is 6.06. The van der Waals surface area contributed by atoms with Gasteiger partial charge in [0.15, 0.2) is 5.69 Å². The second-order valence-electron chi connectivity index (χ2n) is 5.29. The zero-order chi connectivity index (χ0) is 18.5. The third-order valence-electron chi connectivity index (χ3n) is 3.63. The maximum atomic E-state index is 12.8. The number of pyridine rings is 1. The number of rotatable bonds is 5. The van der Waals surface area contributed by atoms with Crippen LogP contribution in [0.5, 0.6) is 0 Å². The van der Waals surface area contributed by atoms with Crippen molar-refractivity contribution in [2.24, 2.45) is 0 Å². The topological polar surface area (TPSA) is 96.1 Å². The van der Waals surface area contributed by atoms with E-state index in [1.807, 2.05) is 0 Å². The third-order valence-corrected chi connectivity index (χ3v) is 3.63. The van der Waals surface area contributed by atoms with Gasteiger partial charge in [-0.05, 0) is 19.1 Å². The molecule has 0 aliphatic carbocycles. The van der Waals surface area contributed by atoms with Gasteiger partial charge < -0.3 is 9.94 Å². The second-order valence-corrected chi connectivity index (χ2v) is 5.29. The molecule has 0 saturated carbocycles. The molecule has 1 aromatic carbocycles. The molecular formula is C19H15N3O4. The molecule has 0 radical (unpaired) electrons. The molecule has 0 atom stereocenters. The largest absolute Gasteiger partial charge is 0.617 e. The summed E-state index contributed by atoms with van der Waals surface area (Å²) in [7, 11) is 0. The van der Waals surface area contributed by atoms with Crippen LogP contribution in [-0.2, 0) is 4.74 Å². The Bertz CT molecular complexity index is 944. The van der Waals surface area contributed by atoms with Crippen molar-refractivity contribution < 1.29 is 19.1 Å². The molecule has 0 aliphatic rings. The van der Waals surface area contributed by atoms with Crippen molar-refractivity contribution in [3.8, 4) is 11.3 Å². The molecule has 3 aromatic rings. The van der Waals surface area contributed by atoms with Crippen molar-refractivity contribution in [2.75, 3.05) is 6.61 Å². The van der Waals surface area contributed by atoms with Gasteiger partial charge in [-0.25, -0.2) is 9.78 Å². The van der Waals surface area contributed by atoms with Crippen molar-refractivity contribution >= 4 is 11.8 Å². The molecule has 0 aliphatic heterocycles. The molecule has 130 valence electrons. The first-order valence-corrected chi connectivity index (χ1v) is 7.93. The van der Waals surface area contributed by atoms with Crippen LogP contribution in [-0.4, -0.2) is 28.3 Å². The Labute approximate surface area is 149 Å². The Balaban J connectivity index is 2.16. The van der Waals surface area contributed by atoms with E-state index in [0.29, 0.717) is 5.56 Å². The Morgan fingerprint density at radius 1 is 1.12 bits per heavy atom. The Hall–Kier alpha value is -3.61. The number of ether oxygens (including phenoxy) is 1. The fourth-order valence-corrected chi connectivity index (χ4v) is 2.44. The minimum Gasteiger partial charge on any atom is -0.617 e. The average molecular weight is 349 g/mol. The van der Waals surface area contributed by atoms with Gasteiger partial charge in [0, 0.05) is 23.5 Å².